The van der Waals surface area contributed by atoms with Gasteiger partial charge in [-0.05, 0) is 48.2 Å². The summed E-state index contributed by atoms with van der Waals surface area (Å²) in [6.07, 6.45) is 2.43. The number of aliphatic hydroxyl groups excluding tert-OH is 1. The van der Waals surface area contributed by atoms with Crippen LogP contribution in [0.2, 0.25) is 5.02 Å². The average molecular weight is 348 g/mol. The van der Waals surface area contributed by atoms with E-state index in [-0.39, 0.29) is 12.7 Å². The number of nitrogens with one attached hydrogen (secondary N) is 1. The molecule has 128 valence electrons. The van der Waals surface area contributed by atoms with Crippen molar-refractivity contribution in [3.8, 4) is 5.75 Å². The molecule has 0 spiro atoms. The Labute approximate surface area is 147 Å². The van der Waals surface area contributed by atoms with E-state index in [9.17, 15) is 5.11 Å². The lowest BCUT2D eigenvalue weighted by Crippen LogP contribution is -2.16. The van der Waals surface area contributed by atoms with Crippen LogP contribution in [0.4, 0.5) is 5.69 Å². The van der Waals surface area contributed by atoms with Crippen LogP contribution in [-0.4, -0.2) is 24.4 Å². The predicted molar refractivity (Wildman–Crippen MR) is 95.6 cm³/mol. The normalized spacial score (nSPS) is 17.0. The van der Waals surface area contributed by atoms with Crippen molar-refractivity contribution in [3.05, 3.63) is 58.6 Å². The minimum absolute atomic E-state index is 0.00257. The van der Waals surface area contributed by atoms with E-state index < -0.39 is 0 Å². The summed E-state index contributed by atoms with van der Waals surface area (Å²) in [5.41, 5.74) is 2.78. The second kappa shape index (κ2) is 8.38. The number of benzene rings is 2. The molecule has 1 heterocycles. The van der Waals surface area contributed by atoms with Crippen LogP contribution in [0.15, 0.2) is 42.5 Å². The topological polar surface area (TPSA) is 50.7 Å². The van der Waals surface area contributed by atoms with Crippen LogP contribution in [0, 0.1) is 0 Å². The van der Waals surface area contributed by atoms with E-state index >= 15 is 0 Å². The van der Waals surface area contributed by atoms with Crippen molar-refractivity contribution >= 4 is 17.3 Å². The van der Waals surface area contributed by atoms with Crippen LogP contribution in [0.1, 0.15) is 24.0 Å². The number of rotatable bonds is 7. The summed E-state index contributed by atoms with van der Waals surface area (Å²) in [5, 5.41) is 13.1. The molecule has 0 radical (unpaired) electrons. The quantitative estimate of drug-likeness (QED) is 0.794. The molecule has 2 N–H and O–H groups in total. The summed E-state index contributed by atoms with van der Waals surface area (Å²) in [7, 11) is 0. The van der Waals surface area contributed by atoms with E-state index in [2.05, 4.69) is 5.32 Å². The lowest BCUT2D eigenvalue weighted by atomic mass is 10.2. The summed E-state index contributed by atoms with van der Waals surface area (Å²) in [5.74, 6) is 0.856. The predicted octanol–water partition coefficient (Wildman–Crippen LogP) is 4.00. The average Bonchev–Trinajstić information content (AvgIpc) is 3.14. The Morgan fingerprint density at radius 2 is 1.96 bits per heavy atom. The summed E-state index contributed by atoms with van der Waals surface area (Å²) in [4.78, 5) is 0. The number of hydrogen-bond acceptors (Lipinski definition) is 4. The Hall–Kier alpha value is -1.75. The number of aliphatic hydroxyl groups is 1. The molecule has 0 aliphatic carbocycles. The van der Waals surface area contributed by atoms with Crippen molar-refractivity contribution in [1.29, 1.82) is 0 Å². The van der Waals surface area contributed by atoms with Crippen molar-refractivity contribution in [3.63, 3.8) is 0 Å². The fourth-order valence-electron chi connectivity index (χ4n) is 2.67. The van der Waals surface area contributed by atoms with Crippen LogP contribution < -0.4 is 10.1 Å². The number of halogens is 1. The van der Waals surface area contributed by atoms with E-state index in [1.807, 2.05) is 36.4 Å². The molecule has 1 fully saturated rings. The smallest absolute Gasteiger partial charge is 0.119 e. The zero-order chi connectivity index (χ0) is 16.8. The molecule has 3 rings (SSSR count). The molecule has 24 heavy (non-hydrogen) atoms. The standard InChI is InChI=1S/C19H22ClNO3/c20-18-8-5-15(12-22)10-19(18)21-11-14-3-6-16(7-4-14)24-13-17-2-1-9-23-17/h3-8,10,17,21-22H,1-2,9,11-13H2. The molecule has 0 aromatic heterocycles. The van der Waals surface area contributed by atoms with Gasteiger partial charge in [0.15, 0.2) is 0 Å². The molecular formula is C19H22ClNO3. The van der Waals surface area contributed by atoms with Gasteiger partial charge in [0.05, 0.1) is 23.4 Å². The van der Waals surface area contributed by atoms with Crippen LogP contribution in [-0.2, 0) is 17.9 Å². The summed E-state index contributed by atoms with van der Waals surface area (Å²) >= 11 is 6.17. The van der Waals surface area contributed by atoms with Crippen molar-refractivity contribution < 1.29 is 14.6 Å². The second-order valence-electron chi connectivity index (χ2n) is 5.92. The SMILES string of the molecule is OCc1ccc(Cl)c(NCc2ccc(OCC3CCCO3)cc2)c1. The number of hydrogen-bond donors (Lipinski definition) is 2. The molecule has 1 atom stereocenters. The monoisotopic (exact) mass is 347 g/mol. The van der Waals surface area contributed by atoms with Gasteiger partial charge in [0, 0.05) is 13.2 Å². The van der Waals surface area contributed by atoms with Gasteiger partial charge in [0.1, 0.15) is 12.4 Å². The first-order chi connectivity index (χ1) is 11.7. The first-order valence-corrected chi connectivity index (χ1v) is 8.59. The van der Waals surface area contributed by atoms with Crippen molar-refractivity contribution in [2.75, 3.05) is 18.5 Å². The van der Waals surface area contributed by atoms with Crippen molar-refractivity contribution in [2.45, 2.75) is 32.1 Å². The van der Waals surface area contributed by atoms with Crippen LogP contribution in [0.3, 0.4) is 0 Å². The zero-order valence-electron chi connectivity index (χ0n) is 13.5. The Morgan fingerprint density at radius 3 is 2.67 bits per heavy atom. The highest BCUT2D eigenvalue weighted by Gasteiger charge is 2.15. The van der Waals surface area contributed by atoms with E-state index in [0.29, 0.717) is 18.2 Å². The highest BCUT2D eigenvalue weighted by molar-refractivity contribution is 6.33. The first-order valence-electron chi connectivity index (χ1n) is 8.21. The Balaban J connectivity index is 1.52. The van der Waals surface area contributed by atoms with E-state index in [4.69, 9.17) is 21.1 Å². The minimum Gasteiger partial charge on any atom is -0.491 e. The lowest BCUT2D eigenvalue weighted by Gasteiger charge is -2.13. The summed E-state index contributed by atoms with van der Waals surface area (Å²) in [6.45, 7) is 2.11. The second-order valence-corrected chi connectivity index (χ2v) is 6.32. The molecule has 1 saturated heterocycles. The van der Waals surface area contributed by atoms with E-state index in [1.54, 1.807) is 6.07 Å². The van der Waals surface area contributed by atoms with E-state index in [1.165, 1.54) is 0 Å². The molecule has 1 unspecified atom stereocenters. The third kappa shape index (κ3) is 4.63. The molecule has 0 amide bonds. The molecule has 4 nitrogen and oxygen atoms in total. The van der Waals surface area contributed by atoms with Crippen LogP contribution >= 0.6 is 11.6 Å². The number of ether oxygens (including phenoxy) is 2. The molecule has 5 heteroatoms. The lowest BCUT2D eigenvalue weighted by molar-refractivity contribution is 0.0679. The van der Waals surface area contributed by atoms with E-state index in [0.717, 1.165) is 42.0 Å². The van der Waals surface area contributed by atoms with Gasteiger partial charge in [-0.15, -0.1) is 0 Å². The largest absolute Gasteiger partial charge is 0.491 e. The molecule has 1 aliphatic rings. The van der Waals surface area contributed by atoms with Gasteiger partial charge in [-0.25, -0.2) is 0 Å². The highest BCUT2D eigenvalue weighted by atomic mass is 35.5. The van der Waals surface area contributed by atoms with Gasteiger partial charge in [-0.3, -0.25) is 0 Å². The maximum atomic E-state index is 9.20. The van der Waals surface area contributed by atoms with Crippen molar-refractivity contribution in [1.82, 2.24) is 0 Å². The minimum atomic E-state index is 0.00257. The molecule has 2 aromatic rings. The Kier molecular flexibility index (Phi) is 5.96. The van der Waals surface area contributed by atoms with Gasteiger partial charge < -0.3 is 19.9 Å². The molecule has 0 saturated carbocycles. The maximum absolute atomic E-state index is 9.20. The third-order valence-corrected chi connectivity index (χ3v) is 4.41. The maximum Gasteiger partial charge on any atom is 0.119 e. The van der Waals surface area contributed by atoms with Gasteiger partial charge >= 0.3 is 0 Å². The zero-order valence-corrected chi connectivity index (χ0v) is 14.3. The van der Waals surface area contributed by atoms with Gasteiger partial charge in [-0.2, -0.15) is 0 Å². The highest BCUT2D eigenvalue weighted by Crippen LogP contribution is 2.24. The fraction of sp³-hybridized carbons (Fsp3) is 0.368. The molecule has 2 aromatic carbocycles. The molecule has 1 aliphatic heterocycles. The Bertz CT molecular complexity index is 654. The summed E-state index contributed by atoms with van der Waals surface area (Å²) < 4.78 is 11.3. The number of anilines is 1. The first kappa shape index (κ1) is 17.1. The molecule has 0 bridgehead atoms. The Morgan fingerprint density at radius 1 is 1.17 bits per heavy atom. The van der Waals surface area contributed by atoms with Gasteiger partial charge in [-0.1, -0.05) is 29.8 Å². The van der Waals surface area contributed by atoms with Gasteiger partial charge in [0.2, 0.25) is 0 Å². The van der Waals surface area contributed by atoms with Crippen LogP contribution in [0.25, 0.3) is 0 Å². The molecular weight excluding hydrogens is 326 g/mol. The summed E-state index contributed by atoms with van der Waals surface area (Å²) in [6, 6.07) is 13.5. The third-order valence-electron chi connectivity index (χ3n) is 4.08. The van der Waals surface area contributed by atoms with Gasteiger partial charge in [0.25, 0.3) is 0 Å². The van der Waals surface area contributed by atoms with Crippen LogP contribution in [0.5, 0.6) is 5.75 Å². The van der Waals surface area contributed by atoms with Crippen molar-refractivity contribution in [2.24, 2.45) is 0 Å². The fourth-order valence-corrected chi connectivity index (χ4v) is 2.86.